The average molecular weight is 768 g/mol. The molecule has 4 amide bonds. The number of fused-ring (bicyclic) bond motifs is 1. The maximum absolute atomic E-state index is 13.9. The van der Waals surface area contributed by atoms with Crippen molar-refractivity contribution < 1.29 is 24.3 Å². The summed E-state index contributed by atoms with van der Waals surface area (Å²) in [5.41, 5.74) is 1.74. The van der Waals surface area contributed by atoms with E-state index in [2.05, 4.69) is 42.6 Å². The van der Waals surface area contributed by atoms with E-state index in [1.54, 1.807) is 24.6 Å². The maximum atomic E-state index is 13.9. The van der Waals surface area contributed by atoms with Crippen LogP contribution in [-0.4, -0.2) is 90.5 Å². The van der Waals surface area contributed by atoms with Gasteiger partial charge in [0.05, 0.1) is 18.1 Å². The van der Waals surface area contributed by atoms with E-state index < -0.39 is 23.5 Å². The topological polar surface area (TPSA) is 131 Å². The molecule has 312 valence electrons. The van der Waals surface area contributed by atoms with Crippen LogP contribution in [0.5, 0.6) is 0 Å². The van der Waals surface area contributed by atoms with E-state index in [1.807, 2.05) is 0 Å². The van der Waals surface area contributed by atoms with E-state index >= 15 is 0 Å². The fraction of sp³-hybridized carbons (Fsp3) is 0.822. The maximum Gasteiger partial charge on any atom is 0.243 e. The summed E-state index contributed by atoms with van der Waals surface area (Å²) >= 11 is 0. The van der Waals surface area contributed by atoms with Crippen molar-refractivity contribution in [2.24, 2.45) is 23.2 Å². The first kappa shape index (κ1) is 44.8. The molecule has 4 N–H and O–H groups in total. The molecule has 7 rings (SSSR count). The van der Waals surface area contributed by atoms with Gasteiger partial charge in [0, 0.05) is 52.0 Å². The Labute approximate surface area is 333 Å². The molecule has 7 aliphatic rings. The third-order valence-electron chi connectivity index (χ3n) is 13.7. The van der Waals surface area contributed by atoms with Gasteiger partial charge in [-0.25, -0.2) is 0 Å². The predicted molar refractivity (Wildman–Crippen MR) is 221 cm³/mol. The fourth-order valence-corrected chi connectivity index (χ4v) is 9.16. The van der Waals surface area contributed by atoms with Crippen LogP contribution in [0.3, 0.4) is 0 Å². The number of aliphatic hydroxyl groups excluding tert-OH is 1. The highest BCUT2D eigenvalue weighted by molar-refractivity contribution is 5.93. The Morgan fingerprint density at radius 3 is 2.18 bits per heavy atom. The zero-order valence-corrected chi connectivity index (χ0v) is 35.1. The van der Waals surface area contributed by atoms with Crippen LogP contribution in [0, 0.1) is 23.2 Å². The molecule has 0 spiro atoms. The molecule has 2 heterocycles. The standard InChI is InChI=1S/C28H46N4O5.C9H15N.2C4H8/c1-19-8-7-12-28(15-19,13-11-24(34)29-3)27(37)32-18-22(33)14-23(32)26(36)30-16-25(35)31(4)17-21-10-6-5-9-20(21)2;1-7-6-10-9-5-3-2-4-8(7)9;2*1-2-4-3-1/h20-23,33H,1,5-18H2,2-4H3,(H,29,34)(H,30,36);6,8-10H,2-5H2,1H3;2*1-4H2/t20?,21?,22?,23-,28?;;;/m0.../s1. The number of likely N-dealkylation sites (tertiary alicyclic amines) is 1. The molecule has 0 radical (unpaired) electrons. The van der Waals surface area contributed by atoms with E-state index in [1.165, 1.54) is 101 Å². The molecule has 2 aliphatic heterocycles. The monoisotopic (exact) mass is 768 g/mol. The largest absolute Gasteiger partial charge is 0.391 e. The van der Waals surface area contributed by atoms with Gasteiger partial charge in [-0.05, 0) is 76.3 Å². The van der Waals surface area contributed by atoms with Crippen molar-refractivity contribution in [3.05, 3.63) is 23.9 Å². The van der Waals surface area contributed by atoms with Gasteiger partial charge in [-0.1, -0.05) is 108 Å². The third-order valence-corrected chi connectivity index (χ3v) is 13.7. The van der Waals surface area contributed by atoms with E-state index in [4.69, 9.17) is 0 Å². The van der Waals surface area contributed by atoms with E-state index in [0.29, 0.717) is 37.6 Å². The minimum Gasteiger partial charge on any atom is -0.391 e. The molecule has 6 fully saturated rings. The first-order chi connectivity index (χ1) is 26.4. The van der Waals surface area contributed by atoms with Crippen molar-refractivity contribution in [2.75, 3.05) is 33.7 Å². The molecule has 0 aromatic carbocycles. The summed E-state index contributed by atoms with van der Waals surface area (Å²) in [5.74, 6) is 1.03. The van der Waals surface area contributed by atoms with Crippen LogP contribution in [0.2, 0.25) is 0 Å². The average Bonchev–Trinajstić information content (AvgIpc) is 3.71. The second-order valence-electron chi connectivity index (χ2n) is 18.0. The van der Waals surface area contributed by atoms with Crippen molar-refractivity contribution >= 4 is 23.6 Å². The van der Waals surface area contributed by atoms with Gasteiger partial charge >= 0.3 is 0 Å². The molecule has 55 heavy (non-hydrogen) atoms. The highest BCUT2D eigenvalue weighted by atomic mass is 16.3. The van der Waals surface area contributed by atoms with Gasteiger partial charge in [-0.3, -0.25) is 19.2 Å². The summed E-state index contributed by atoms with van der Waals surface area (Å²) in [7, 11) is 3.35. The first-order valence-corrected chi connectivity index (χ1v) is 22.2. The summed E-state index contributed by atoms with van der Waals surface area (Å²) < 4.78 is 0. The number of aliphatic hydroxyl groups is 1. The van der Waals surface area contributed by atoms with E-state index in [9.17, 15) is 24.3 Å². The lowest BCUT2D eigenvalue weighted by Crippen LogP contribution is -2.53. The highest BCUT2D eigenvalue weighted by Gasteiger charge is 2.48. The minimum absolute atomic E-state index is 0.0680. The summed E-state index contributed by atoms with van der Waals surface area (Å²) in [4.78, 5) is 55.0. The Hall–Kier alpha value is -2.88. The highest BCUT2D eigenvalue weighted by Crippen LogP contribution is 2.45. The Morgan fingerprint density at radius 2 is 1.58 bits per heavy atom. The Kier molecular flexibility index (Phi) is 18.5. The quantitative estimate of drug-likeness (QED) is 0.184. The van der Waals surface area contributed by atoms with Gasteiger partial charge in [0.2, 0.25) is 23.6 Å². The van der Waals surface area contributed by atoms with Crippen molar-refractivity contribution in [1.29, 1.82) is 0 Å². The normalized spacial score (nSPS) is 30.7. The lowest BCUT2D eigenvalue weighted by atomic mass is 9.68. The molecular formula is C45H77N5O5. The lowest BCUT2D eigenvalue weighted by Gasteiger charge is -2.41. The molecule has 0 aromatic heterocycles. The number of nitrogens with zero attached hydrogens (tertiary/aromatic N) is 2. The van der Waals surface area contributed by atoms with Crippen molar-refractivity contribution in [1.82, 2.24) is 25.8 Å². The number of likely N-dealkylation sites (N-methyl/N-ethyl adjacent to an activating group) is 1. The molecule has 7 atom stereocenters. The number of carbonyl (C=O) groups is 4. The number of hydrogen-bond acceptors (Lipinski definition) is 6. The van der Waals surface area contributed by atoms with E-state index in [0.717, 1.165) is 36.8 Å². The SMILES string of the molecule is C1CCC1.C1CCC1.C=C1CCCC(CCC(=O)NC)(C(=O)N2CC(O)C[C@H]2C(=O)NCC(=O)N(C)CC2CCCCC2C)C1.CC1=CNC2CCCCC12. The second kappa shape index (κ2) is 22.8. The van der Waals surface area contributed by atoms with Crippen LogP contribution in [-0.2, 0) is 19.2 Å². The number of β-amino-alcohol motifs (C(OH)–C–C–N with tert-alkyl or cyclic N) is 1. The minimum atomic E-state index is -0.842. The van der Waals surface area contributed by atoms with Crippen LogP contribution >= 0.6 is 0 Å². The van der Waals surface area contributed by atoms with Crippen molar-refractivity contribution in [3.63, 3.8) is 0 Å². The van der Waals surface area contributed by atoms with Gasteiger partial charge in [-0.15, -0.1) is 0 Å². The zero-order chi connectivity index (χ0) is 39.8. The molecule has 6 unspecified atom stereocenters. The van der Waals surface area contributed by atoms with Gasteiger partial charge in [0.15, 0.2) is 0 Å². The number of amides is 4. The zero-order valence-electron chi connectivity index (χ0n) is 35.1. The number of hydrogen-bond donors (Lipinski definition) is 4. The number of nitrogens with one attached hydrogen (secondary N) is 3. The Balaban J connectivity index is 0.000000298. The smallest absolute Gasteiger partial charge is 0.243 e. The van der Waals surface area contributed by atoms with Crippen molar-refractivity contribution in [2.45, 2.75) is 180 Å². The second-order valence-corrected chi connectivity index (χ2v) is 18.0. The lowest BCUT2D eigenvalue weighted by molar-refractivity contribution is -0.149. The molecule has 5 aliphatic carbocycles. The summed E-state index contributed by atoms with van der Waals surface area (Å²) in [6, 6.07) is -0.0419. The van der Waals surface area contributed by atoms with Crippen LogP contribution in [0.15, 0.2) is 23.9 Å². The fourth-order valence-electron chi connectivity index (χ4n) is 9.16. The number of rotatable bonds is 9. The summed E-state index contributed by atoms with van der Waals surface area (Å²) in [6.07, 6.45) is 27.3. The van der Waals surface area contributed by atoms with E-state index in [-0.39, 0.29) is 43.7 Å². The van der Waals surface area contributed by atoms with Gasteiger partial charge in [-0.2, -0.15) is 0 Å². The summed E-state index contributed by atoms with van der Waals surface area (Å²) in [6.45, 7) is 9.21. The van der Waals surface area contributed by atoms with Crippen LogP contribution < -0.4 is 16.0 Å². The first-order valence-electron chi connectivity index (χ1n) is 22.2. The number of allylic oxidation sites excluding steroid dienone is 1. The number of carbonyl (C=O) groups excluding carboxylic acids is 4. The molecule has 10 nitrogen and oxygen atoms in total. The van der Waals surface area contributed by atoms with Crippen LogP contribution in [0.4, 0.5) is 0 Å². The van der Waals surface area contributed by atoms with Gasteiger partial charge < -0.3 is 30.9 Å². The molecule has 0 bridgehead atoms. The predicted octanol–water partition coefficient (Wildman–Crippen LogP) is 7.16. The van der Waals surface area contributed by atoms with Gasteiger partial charge in [0.25, 0.3) is 0 Å². The van der Waals surface area contributed by atoms with Crippen molar-refractivity contribution in [3.8, 4) is 0 Å². The molecule has 10 heteroatoms. The molecule has 0 aromatic rings. The molecule has 1 saturated heterocycles. The van der Waals surface area contributed by atoms with Crippen LogP contribution in [0.25, 0.3) is 0 Å². The van der Waals surface area contributed by atoms with Gasteiger partial charge in [0.1, 0.15) is 6.04 Å². The molecule has 5 saturated carbocycles. The van der Waals surface area contributed by atoms with Crippen LogP contribution in [0.1, 0.15) is 162 Å². The Bertz CT molecular complexity index is 1280. The summed E-state index contributed by atoms with van der Waals surface area (Å²) in [5, 5.41) is 19.2. The Morgan fingerprint density at radius 1 is 0.945 bits per heavy atom. The third kappa shape index (κ3) is 13.6. The molecular weight excluding hydrogens is 691 g/mol.